The molecule has 1 N–H and O–H groups in total. The first-order valence-electron chi connectivity index (χ1n) is 8.92. The van der Waals surface area contributed by atoms with E-state index < -0.39 is 0 Å². The highest BCUT2D eigenvalue weighted by Gasteiger charge is 2.14. The van der Waals surface area contributed by atoms with E-state index in [1.165, 1.54) is 0 Å². The summed E-state index contributed by atoms with van der Waals surface area (Å²) in [6.07, 6.45) is 3.48. The van der Waals surface area contributed by atoms with Gasteiger partial charge in [-0.25, -0.2) is 4.98 Å². The molecule has 0 atom stereocenters. The topological polar surface area (TPSA) is 68.0 Å². The second-order valence-corrected chi connectivity index (χ2v) is 6.27. The van der Waals surface area contributed by atoms with Crippen LogP contribution in [0.15, 0.2) is 91.3 Å². The van der Waals surface area contributed by atoms with Crippen LogP contribution in [0.5, 0.6) is 0 Å². The largest absolute Gasteiger partial charge is 0.340 e. The van der Waals surface area contributed by atoms with E-state index in [0.29, 0.717) is 11.6 Å². The van der Waals surface area contributed by atoms with E-state index in [0.717, 1.165) is 28.3 Å². The molecule has 0 saturated heterocycles. The van der Waals surface area contributed by atoms with Gasteiger partial charge in [-0.05, 0) is 24.3 Å². The molecular weight excluding hydrogens is 348 g/mol. The van der Waals surface area contributed by atoms with Gasteiger partial charge in [0, 0.05) is 35.3 Å². The normalized spacial score (nSPS) is 10.9. The number of benzene rings is 2. The van der Waals surface area contributed by atoms with Gasteiger partial charge >= 0.3 is 0 Å². The Morgan fingerprint density at radius 3 is 2.25 bits per heavy atom. The van der Waals surface area contributed by atoms with Crippen LogP contribution in [0.25, 0.3) is 28.4 Å². The average molecular weight is 364 g/mol. The zero-order valence-corrected chi connectivity index (χ0v) is 14.9. The van der Waals surface area contributed by atoms with Crippen LogP contribution < -0.4 is 5.32 Å². The quantitative estimate of drug-likeness (QED) is 0.505. The lowest BCUT2D eigenvalue weighted by Gasteiger charge is -2.10. The fraction of sp³-hybridized carbons (Fsp3) is 0. The Kier molecular flexibility index (Phi) is 3.99. The lowest BCUT2D eigenvalue weighted by Crippen LogP contribution is -2.02. The molecule has 0 spiro atoms. The van der Waals surface area contributed by atoms with Crippen molar-refractivity contribution in [3.63, 3.8) is 0 Å². The maximum atomic E-state index is 4.72. The SMILES string of the molecule is c1ccc(Nc2cc(-c3ccccc3)nc3nc(-c4cccnc4)nn23)cc1. The molecule has 0 saturated carbocycles. The fourth-order valence-electron chi connectivity index (χ4n) is 3.00. The van der Waals surface area contributed by atoms with Crippen molar-refractivity contribution >= 4 is 17.3 Å². The van der Waals surface area contributed by atoms with Gasteiger partial charge in [0.05, 0.1) is 5.69 Å². The molecule has 28 heavy (non-hydrogen) atoms. The molecule has 6 heteroatoms. The van der Waals surface area contributed by atoms with Crippen LogP contribution in [-0.2, 0) is 0 Å². The summed E-state index contributed by atoms with van der Waals surface area (Å²) in [5, 5.41) is 8.08. The highest BCUT2D eigenvalue weighted by Crippen LogP contribution is 2.25. The number of rotatable bonds is 4. The van der Waals surface area contributed by atoms with Crippen LogP contribution in [0.1, 0.15) is 0 Å². The van der Waals surface area contributed by atoms with E-state index in [1.54, 1.807) is 16.9 Å². The number of anilines is 2. The highest BCUT2D eigenvalue weighted by atomic mass is 15.4. The first-order chi connectivity index (χ1) is 13.9. The summed E-state index contributed by atoms with van der Waals surface area (Å²) in [6, 6.07) is 25.8. The summed E-state index contributed by atoms with van der Waals surface area (Å²) in [4.78, 5) is 13.5. The van der Waals surface area contributed by atoms with Crippen molar-refractivity contribution in [1.29, 1.82) is 0 Å². The number of fused-ring (bicyclic) bond motifs is 1. The first kappa shape index (κ1) is 16.1. The van der Waals surface area contributed by atoms with Crippen molar-refractivity contribution in [1.82, 2.24) is 24.6 Å². The van der Waals surface area contributed by atoms with Crippen LogP contribution in [0.2, 0.25) is 0 Å². The second kappa shape index (κ2) is 6.92. The first-order valence-corrected chi connectivity index (χ1v) is 8.92. The lowest BCUT2D eigenvalue weighted by atomic mass is 10.1. The third-order valence-electron chi connectivity index (χ3n) is 4.35. The molecule has 0 aliphatic rings. The van der Waals surface area contributed by atoms with Gasteiger partial charge in [-0.15, -0.1) is 5.10 Å². The van der Waals surface area contributed by atoms with Crippen molar-refractivity contribution < 1.29 is 0 Å². The smallest absolute Gasteiger partial charge is 0.255 e. The van der Waals surface area contributed by atoms with Crippen molar-refractivity contribution in [2.45, 2.75) is 0 Å². The van der Waals surface area contributed by atoms with E-state index in [1.807, 2.05) is 78.9 Å². The van der Waals surface area contributed by atoms with Crippen LogP contribution in [0.4, 0.5) is 11.5 Å². The number of hydrogen-bond acceptors (Lipinski definition) is 5. The van der Waals surface area contributed by atoms with Gasteiger partial charge < -0.3 is 5.32 Å². The monoisotopic (exact) mass is 364 g/mol. The summed E-state index contributed by atoms with van der Waals surface area (Å²) in [5.41, 5.74) is 3.66. The molecule has 0 aliphatic heterocycles. The zero-order chi connectivity index (χ0) is 18.8. The third-order valence-corrected chi connectivity index (χ3v) is 4.35. The Bertz CT molecular complexity index is 1220. The molecule has 134 valence electrons. The van der Waals surface area contributed by atoms with E-state index in [2.05, 4.69) is 20.4 Å². The van der Waals surface area contributed by atoms with E-state index in [-0.39, 0.29) is 0 Å². The summed E-state index contributed by atoms with van der Waals surface area (Å²) in [7, 11) is 0. The van der Waals surface area contributed by atoms with Crippen molar-refractivity contribution in [2.24, 2.45) is 0 Å². The standard InChI is InChI=1S/C22H16N6/c1-3-8-16(9-4-1)19-14-20(24-18-11-5-2-6-12-18)28-22(25-19)26-21(27-28)17-10-7-13-23-15-17/h1-15,24H. The van der Waals surface area contributed by atoms with Crippen LogP contribution in [0.3, 0.4) is 0 Å². The Labute approximate surface area is 161 Å². The summed E-state index contributed by atoms with van der Waals surface area (Å²) in [5.74, 6) is 1.90. The number of hydrogen-bond donors (Lipinski definition) is 1. The summed E-state index contributed by atoms with van der Waals surface area (Å²) >= 11 is 0. The Morgan fingerprint density at radius 2 is 1.50 bits per heavy atom. The molecule has 0 unspecified atom stereocenters. The van der Waals surface area contributed by atoms with Gasteiger partial charge in [0.25, 0.3) is 5.78 Å². The van der Waals surface area contributed by atoms with Gasteiger partial charge in [-0.3, -0.25) is 4.98 Å². The highest BCUT2D eigenvalue weighted by molar-refractivity contribution is 5.69. The summed E-state index contributed by atoms with van der Waals surface area (Å²) < 4.78 is 1.72. The molecule has 0 aliphatic carbocycles. The minimum atomic E-state index is 0.527. The van der Waals surface area contributed by atoms with E-state index >= 15 is 0 Å². The lowest BCUT2D eigenvalue weighted by molar-refractivity contribution is 0.951. The van der Waals surface area contributed by atoms with E-state index in [9.17, 15) is 0 Å². The third kappa shape index (κ3) is 3.07. The van der Waals surface area contributed by atoms with Gasteiger partial charge in [0.15, 0.2) is 5.82 Å². The van der Waals surface area contributed by atoms with Crippen LogP contribution >= 0.6 is 0 Å². The Hall–Kier alpha value is -4.06. The molecule has 3 heterocycles. The maximum Gasteiger partial charge on any atom is 0.255 e. The number of nitrogens with zero attached hydrogens (tertiary/aromatic N) is 5. The number of para-hydroxylation sites is 1. The van der Waals surface area contributed by atoms with Crippen molar-refractivity contribution in [3.05, 3.63) is 91.3 Å². The minimum absolute atomic E-state index is 0.527. The average Bonchev–Trinajstić information content (AvgIpc) is 3.20. The Morgan fingerprint density at radius 1 is 0.750 bits per heavy atom. The number of aromatic nitrogens is 5. The predicted octanol–water partition coefficient (Wildman–Crippen LogP) is 4.60. The molecule has 5 rings (SSSR count). The van der Waals surface area contributed by atoms with Gasteiger partial charge in [-0.1, -0.05) is 48.5 Å². The molecular formula is C22H16N6. The Balaban J connectivity index is 1.69. The molecule has 5 aromatic rings. The number of nitrogens with one attached hydrogen (secondary N) is 1. The predicted molar refractivity (Wildman–Crippen MR) is 109 cm³/mol. The zero-order valence-electron chi connectivity index (χ0n) is 14.9. The van der Waals surface area contributed by atoms with Crippen LogP contribution in [-0.4, -0.2) is 24.6 Å². The maximum absolute atomic E-state index is 4.72. The molecule has 0 bridgehead atoms. The molecule has 0 radical (unpaired) electrons. The molecule has 3 aromatic heterocycles. The van der Waals surface area contributed by atoms with Gasteiger partial charge in [-0.2, -0.15) is 9.50 Å². The molecule has 6 nitrogen and oxygen atoms in total. The second-order valence-electron chi connectivity index (χ2n) is 6.27. The van der Waals surface area contributed by atoms with Gasteiger partial charge in [0.2, 0.25) is 0 Å². The van der Waals surface area contributed by atoms with Crippen molar-refractivity contribution in [3.8, 4) is 22.6 Å². The fourth-order valence-corrected chi connectivity index (χ4v) is 3.00. The van der Waals surface area contributed by atoms with Crippen LogP contribution in [0, 0.1) is 0 Å². The molecule has 2 aromatic carbocycles. The van der Waals surface area contributed by atoms with E-state index in [4.69, 9.17) is 4.98 Å². The minimum Gasteiger partial charge on any atom is -0.340 e. The summed E-state index contributed by atoms with van der Waals surface area (Å²) in [6.45, 7) is 0. The molecule has 0 fully saturated rings. The number of pyridine rings is 1. The molecule has 0 amide bonds. The van der Waals surface area contributed by atoms with Crippen molar-refractivity contribution in [2.75, 3.05) is 5.32 Å². The van der Waals surface area contributed by atoms with Gasteiger partial charge in [0.1, 0.15) is 5.82 Å².